The average Bonchev–Trinajstić information content (AvgIpc) is 2.89. The third-order valence-corrected chi connectivity index (χ3v) is 6.19. The van der Waals surface area contributed by atoms with Crippen molar-refractivity contribution in [1.82, 2.24) is 10.6 Å². The van der Waals surface area contributed by atoms with Gasteiger partial charge < -0.3 is 41.4 Å². The molecule has 42 heavy (non-hydrogen) atoms. The normalized spacial score (nSPS) is 20.7. The standard InChI is InChI=1S/C30H45ClN4O7/c1-19(18-22(32)23-15-16-24(40-6)28(38)42-23)10-7-8-12-25(36)35-26(30(3,4)5)27(37)34-17-9-11-21(41-29(33)39)14-13-20(2)31/h7-10,12-13,16-18,21-23,26,28,38H,11,14-15,32H2,1-6H3,(H2,33,39)(H,34,37)(H,35,36)/b10-7-,12-8-,17-9-,19-18+,20-13+/t21-,22+,23+,26-,28-/m1/s1. The number of nitrogens with one attached hydrogen (secondary N) is 2. The lowest BCUT2D eigenvalue weighted by atomic mass is 9.86. The predicted octanol–water partition coefficient (Wildman–Crippen LogP) is 3.56. The molecule has 1 aliphatic heterocycles. The molecule has 3 amide bonds. The number of ether oxygens (including phenoxy) is 3. The Hall–Kier alpha value is -3.38. The number of amides is 3. The van der Waals surface area contributed by atoms with Gasteiger partial charge in [0.1, 0.15) is 17.9 Å². The third-order valence-electron chi connectivity index (χ3n) is 6.04. The molecule has 11 nitrogen and oxygen atoms in total. The monoisotopic (exact) mass is 608 g/mol. The molecule has 0 radical (unpaired) electrons. The van der Waals surface area contributed by atoms with Gasteiger partial charge in [-0.15, -0.1) is 0 Å². The van der Waals surface area contributed by atoms with Crippen LogP contribution in [0.1, 0.15) is 53.9 Å². The number of carbonyl (C=O) groups excluding carboxylic acids is 3. The van der Waals surface area contributed by atoms with E-state index in [1.54, 1.807) is 49.5 Å². The molecule has 0 aromatic carbocycles. The highest BCUT2D eigenvalue weighted by molar-refractivity contribution is 6.29. The number of aliphatic hydroxyl groups excluding tert-OH is 1. The molecule has 0 unspecified atom stereocenters. The van der Waals surface area contributed by atoms with E-state index in [9.17, 15) is 19.5 Å². The zero-order valence-corrected chi connectivity index (χ0v) is 25.9. The maximum absolute atomic E-state index is 12.9. The molecule has 0 bridgehead atoms. The van der Waals surface area contributed by atoms with Gasteiger partial charge in [-0.1, -0.05) is 74.4 Å². The number of rotatable bonds is 14. The van der Waals surface area contributed by atoms with E-state index >= 15 is 0 Å². The molecular formula is C30H45ClN4O7. The van der Waals surface area contributed by atoms with Gasteiger partial charge >= 0.3 is 6.09 Å². The fraction of sp³-hybridized carbons (Fsp3) is 0.500. The molecular weight excluding hydrogens is 564 g/mol. The van der Waals surface area contributed by atoms with E-state index in [2.05, 4.69) is 10.6 Å². The molecule has 0 saturated carbocycles. The van der Waals surface area contributed by atoms with Crippen LogP contribution in [0.2, 0.25) is 0 Å². The molecule has 0 aromatic heterocycles. The minimum Gasteiger partial charge on any atom is -0.496 e. The van der Waals surface area contributed by atoms with Crippen molar-refractivity contribution in [3.05, 3.63) is 71.2 Å². The Balaban J connectivity index is 2.70. The summed E-state index contributed by atoms with van der Waals surface area (Å²) in [5, 5.41) is 15.9. The first-order valence-electron chi connectivity index (χ1n) is 13.5. The van der Waals surface area contributed by atoms with Crippen LogP contribution in [0.25, 0.3) is 0 Å². The number of halogens is 1. The largest absolute Gasteiger partial charge is 0.496 e. The maximum Gasteiger partial charge on any atom is 0.404 e. The Bertz CT molecular complexity index is 1100. The Labute approximate surface area is 253 Å². The Kier molecular flexibility index (Phi) is 15.9. The van der Waals surface area contributed by atoms with E-state index in [0.29, 0.717) is 30.1 Å². The summed E-state index contributed by atoms with van der Waals surface area (Å²) in [7, 11) is 1.46. The minimum absolute atomic E-state index is 0.297. The number of carbonyl (C=O) groups is 3. The fourth-order valence-corrected chi connectivity index (χ4v) is 3.92. The molecule has 1 heterocycles. The van der Waals surface area contributed by atoms with E-state index in [-0.39, 0.29) is 0 Å². The Morgan fingerprint density at radius 2 is 1.88 bits per heavy atom. The minimum atomic E-state index is -1.15. The number of allylic oxidation sites excluding steroid dienone is 5. The van der Waals surface area contributed by atoms with Gasteiger partial charge in [0.15, 0.2) is 0 Å². The van der Waals surface area contributed by atoms with Crippen molar-refractivity contribution < 1.29 is 33.7 Å². The summed E-state index contributed by atoms with van der Waals surface area (Å²) in [5.41, 5.74) is 11.6. The number of hydrogen-bond acceptors (Lipinski definition) is 8. The summed E-state index contributed by atoms with van der Waals surface area (Å²) in [6, 6.07) is -1.29. The second-order valence-corrected chi connectivity index (χ2v) is 11.4. The van der Waals surface area contributed by atoms with Gasteiger partial charge in [0.05, 0.1) is 19.3 Å². The van der Waals surface area contributed by atoms with E-state index in [1.165, 1.54) is 19.4 Å². The molecule has 0 aromatic rings. The van der Waals surface area contributed by atoms with E-state index < -0.39 is 53.9 Å². The predicted molar refractivity (Wildman–Crippen MR) is 163 cm³/mol. The first kappa shape index (κ1) is 36.6. The van der Waals surface area contributed by atoms with Gasteiger partial charge in [0.2, 0.25) is 18.1 Å². The summed E-state index contributed by atoms with van der Waals surface area (Å²) >= 11 is 5.84. The van der Waals surface area contributed by atoms with Crippen molar-refractivity contribution in [3.63, 3.8) is 0 Å². The molecule has 234 valence electrons. The van der Waals surface area contributed by atoms with Crippen LogP contribution in [0.15, 0.2) is 71.2 Å². The molecule has 1 rings (SSSR count). The second-order valence-electron chi connectivity index (χ2n) is 10.8. The van der Waals surface area contributed by atoms with Crippen LogP contribution in [0.5, 0.6) is 0 Å². The first-order valence-corrected chi connectivity index (χ1v) is 13.9. The van der Waals surface area contributed by atoms with Gasteiger partial charge in [0.25, 0.3) is 0 Å². The molecule has 0 saturated heterocycles. The van der Waals surface area contributed by atoms with Gasteiger partial charge in [-0.2, -0.15) is 0 Å². The molecule has 0 fully saturated rings. The van der Waals surface area contributed by atoms with Gasteiger partial charge in [-0.25, -0.2) is 4.79 Å². The zero-order valence-electron chi connectivity index (χ0n) is 25.1. The zero-order chi connectivity index (χ0) is 31.9. The summed E-state index contributed by atoms with van der Waals surface area (Å²) in [4.78, 5) is 36.6. The quantitative estimate of drug-likeness (QED) is 0.147. The third kappa shape index (κ3) is 14.5. The average molecular weight is 609 g/mol. The highest BCUT2D eigenvalue weighted by Gasteiger charge is 2.32. The van der Waals surface area contributed by atoms with Gasteiger partial charge in [0, 0.05) is 23.9 Å². The molecule has 7 N–H and O–H groups in total. The van der Waals surface area contributed by atoms with Crippen molar-refractivity contribution >= 4 is 29.5 Å². The lowest BCUT2D eigenvalue weighted by Crippen LogP contribution is -2.52. The lowest BCUT2D eigenvalue weighted by molar-refractivity contribution is -0.144. The van der Waals surface area contributed by atoms with Crippen LogP contribution in [0.3, 0.4) is 0 Å². The van der Waals surface area contributed by atoms with Crippen molar-refractivity contribution in [2.24, 2.45) is 16.9 Å². The lowest BCUT2D eigenvalue weighted by Gasteiger charge is -2.29. The van der Waals surface area contributed by atoms with Crippen LogP contribution in [-0.4, -0.2) is 60.7 Å². The van der Waals surface area contributed by atoms with E-state index in [1.807, 2.05) is 27.7 Å². The van der Waals surface area contributed by atoms with Crippen LogP contribution in [-0.2, 0) is 23.8 Å². The smallest absolute Gasteiger partial charge is 0.404 e. The van der Waals surface area contributed by atoms with Gasteiger partial charge in [-0.3, -0.25) is 9.59 Å². The van der Waals surface area contributed by atoms with Crippen molar-refractivity contribution in [3.8, 4) is 0 Å². The van der Waals surface area contributed by atoms with Crippen LogP contribution in [0.4, 0.5) is 4.79 Å². The van der Waals surface area contributed by atoms with Crippen LogP contribution < -0.4 is 22.1 Å². The SMILES string of the molecule is COC1=CC[C@@H]([C@@H](N)/C=C(C)/C=C\C=C/C(=O)N[C@H](C(=O)N/C=C\C[C@H](C/C=C(\C)Cl)OC(N)=O)C(C)(C)C)O[C@H]1O. The van der Waals surface area contributed by atoms with Crippen molar-refractivity contribution in [2.75, 3.05) is 7.11 Å². The first-order chi connectivity index (χ1) is 19.6. The topological polar surface area (TPSA) is 175 Å². The maximum atomic E-state index is 12.9. The van der Waals surface area contributed by atoms with Crippen molar-refractivity contribution in [1.29, 1.82) is 0 Å². The number of nitrogens with two attached hydrogens (primary N) is 2. The number of aliphatic hydroxyl groups is 1. The Morgan fingerprint density at radius 3 is 2.45 bits per heavy atom. The van der Waals surface area contributed by atoms with E-state index in [4.69, 9.17) is 37.3 Å². The summed E-state index contributed by atoms with van der Waals surface area (Å²) in [5.74, 6) is -0.493. The summed E-state index contributed by atoms with van der Waals surface area (Å²) < 4.78 is 15.6. The summed E-state index contributed by atoms with van der Waals surface area (Å²) in [6.07, 6.45) is 12.8. The molecule has 5 atom stereocenters. The molecule has 12 heteroatoms. The summed E-state index contributed by atoms with van der Waals surface area (Å²) in [6.45, 7) is 9.06. The van der Waals surface area contributed by atoms with Crippen LogP contribution >= 0.6 is 11.6 Å². The molecule has 0 spiro atoms. The molecule has 0 aliphatic carbocycles. The number of hydrogen-bond donors (Lipinski definition) is 5. The second kappa shape index (κ2) is 18.2. The number of primary amides is 1. The van der Waals surface area contributed by atoms with Crippen molar-refractivity contribution in [2.45, 2.75) is 84.5 Å². The molecule has 1 aliphatic rings. The highest BCUT2D eigenvalue weighted by atomic mass is 35.5. The fourth-order valence-electron chi connectivity index (χ4n) is 3.83. The Morgan fingerprint density at radius 1 is 1.21 bits per heavy atom. The van der Waals surface area contributed by atoms with Gasteiger partial charge in [-0.05, 0) is 38.0 Å². The number of methoxy groups -OCH3 is 1. The van der Waals surface area contributed by atoms with E-state index in [0.717, 1.165) is 5.57 Å². The van der Waals surface area contributed by atoms with Crippen LogP contribution in [0, 0.1) is 5.41 Å². The highest BCUT2D eigenvalue weighted by Crippen LogP contribution is 2.21.